The quantitative estimate of drug-likeness (QED) is 0.610. The van der Waals surface area contributed by atoms with Gasteiger partial charge in [-0.15, -0.1) is 10.2 Å². The van der Waals surface area contributed by atoms with Crippen LogP contribution in [0.1, 0.15) is 36.9 Å². The fourth-order valence-corrected chi connectivity index (χ4v) is 2.65. The number of aromatic nitrogens is 2. The summed E-state index contributed by atoms with van der Waals surface area (Å²) in [6.45, 7) is 1.95. The van der Waals surface area contributed by atoms with Crippen LogP contribution in [0.5, 0.6) is 5.75 Å². The maximum absolute atomic E-state index is 12.4. The first-order valence-corrected chi connectivity index (χ1v) is 8.89. The van der Waals surface area contributed by atoms with E-state index in [1.165, 1.54) is 17.5 Å². The minimum Gasteiger partial charge on any atom is -0.505 e. The molecule has 0 amide bonds. The van der Waals surface area contributed by atoms with E-state index in [1.54, 1.807) is 25.1 Å². The van der Waals surface area contributed by atoms with Crippen LogP contribution in [0, 0.1) is 12.8 Å². The Morgan fingerprint density at radius 2 is 2.15 bits per heavy atom. The van der Waals surface area contributed by atoms with Crippen LogP contribution in [0.3, 0.4) is 0 Å². The van der Waals surface area contributed by atoms with Crippen LogP contribution in [0.2, 0.25) is 0 Å². The number of aliphatic carboxylic acids is 1. The van der Waals surface area contributed by atoms with Crippen LogP contribution in [-0.4, -0.2) is 26.0 Å². The lowest BCUT2D eigenvalue weighted by Gasteiger charge is -2.01. The number of hydrogen-bond acceptors (Lipinski definition) is 5. The number of phenols is 1. The van der Waals surface area contributed by atoms with Crippen molar-refractivity contribution in [2.45, 2.75) is 39.2 Å². The zero-order chi connectivity index (χ0) is 19.4. The maximum atomic E-state index is 12.4. The van der Waals surface area contributed by atoms with E-state index in [0.29, 0.717) is 23.6 Å². The average Bonchev–Trinajstić information content (AvgIpc) is 3.41. The first-order valence-electron chi connectivity index (χ1n) is 8.89. The summed E-state index contributed by atoms with van der Waals surface area (Å²) in [6.07, 6.45) is 6.63. The molecular weight excluding hydrogens is 348 g/mol. The Labute approximate surface area is 155 Å². The number of benzene rings is 1. The molecule has 0 unspecified atom stereocenters. The van der Waals surface area contributed by atoms with Crippen LogP contribution in [0.15, 0.2) is 39.3 Å². The van der Waals surface area contributed by atoms with Gasteiger partial charge in [0.05, 0.1) is 5.69 Å². The number of carbonyl (C=O) groups is 1. The third-order valence-corrected chi connectivity index (χ3v) is 4.35. The van der Waals surface area contributed by atoms with Gasteiger partial charge in [0, 0.05) is 18.5 Å². The molecule has 1 aromatic heterocycles. The number of nitrogens with one attached hydrogen (secondary N) is 1. The zero-order valence-corrected chi connectivity index (χ0v) is 15.1. The zero-order valence-electron chi connectivity index (χ0n) is 15.1. The van der Waals surface area contributed by atoms with Gasteiger partial charge in [-0.2, -0.15) is 0 Å². The van der Waals surface area contributed by atoms with Crippen LogP contribution in [0.4, 0.5) is 11.4 Å². The highest BCUT2D eigenvalue weighted by molar-refractivity contribution is 5.67. The van der Waals surface area contributed by atoms with E-state index in [0.717, 1.165) is 0 Å². The van der Waals surface area contributed by atoms with Crippen LogP contribution in [-0.2, 0) is 11.3 Å². The van der Waals surface area contributed by atoms with Gasteiger partial charge in [-0.1, -0.05) is 24.3 Å². The molecule has 142 valence electrons. The average molecular weight is 370 g/mol. The van der Waals surface area contributed by atoms with E-state index in [1.807, 2.05) is 6.08 Å². The summed E-state index contributed by atoms with van der Waals surface area (Å²) < 4.78 is 1.32. The number of carboxylic acids is 1. The number of azo groups is 1. The number of nitrogens with zero attached hydrogens (tertiary/aromatic N) is 3. The Hall–Kier alpha value is -3.16. The largest absolute Gasteiger partial charge is 0.505 e. The van der Waals surface area contributed by atoms with Crippen molar-refractivity contribution in [2.75, 3.05) is 0 Å². The van der Waals surface area contributed by atoms with E-state index in [2.05, 4.69) is 21.4 Å². The molecule has 0 bridgehead atoms. The monoisotopic (exact) mass is 370 g/mol. The number of para-hydroxylation sites is 1. The highest BCUT2D eigenvalue weighted by Crippen LogP contribution is 2.35. The van der Waals surface area contributed by atoms with E-state index in [4.69, 9.17) is 5.11 Å². The number of aryl methyl sites for hydroxylation is 2. The number of H-pyrrole nitrogens is 1. The number of hydrogen-bond donors (Lipinski definition) is 3. The molecule has 1 aliphatic rings. The second kappa shape index (κ2) is 8.03. The molecule has 1 aromatic carbocycles. The summed E-state index contributed by atoms with van der Waals surface area (Å²) in [7, 11) is 0. The summed E-state index contributed by atoms with van der Waals surface area (Å²) in [5.74, 6) is -0.290. The van der Waals surface area contributed by atoms with Gasteiger partial charge in [0.25, 0.3) is 5.56 Å². The maximum Gasteiger partial charge on any atom is 0.303 e. The van der Waals surface area contributed by atoms with Crippen molar-refractivity contribution in [2.24, 2.45) is 16.1 Å². The Kier molecular flexibility index (Phi) is 5.54. The second-order valence-electron chi connectivity index (χ2n) is 6.65. The normalized spacial score (nSPS) is 14.4. The lowest BCUT2D eigenvalue weighted by Crippen LogP contribution is -2.17. The molecule has 8 heteroatoms. The molecule has 2 aromatic rings. The van der Waals surface area contributed by atoms with Crippen molar-refractivity contribution in [3.05, 3.63) is 45.9 Å². The third kappa shape index (κ3) is 4.72. The molecule has 1 heterocycles. The third-order valence-electron chi connectivity index (χ3n) is 4.35. The van der Waals surface area contributed by atoms with Crippen molar-refractivity contribution in [3.8, 4) is 5.75 Å². The predicted octanol–water partition coefficient (Wildman–Crippen LogP) is 3.89. The Balaban J connectivity index is 1.78. The van der Waals surface area contributed by atoms with Gasteiger partial charge in [0.2, 0.25) is 0 Å². The van der Waals surface area contributed by atoms with Crippen molar-refractivity contribution < 1.29 is 15.0 Å². The summed E-state index contributed by atoms with van der Waals surface area (Å²) in [6, 6.07) is 5.19. The highest BCUT2D eigenvalue weighted by atomic mass is 16.4. The van der Waals surface area contributed by atoms with Gasteiger partial charge in [-0.05, 0) is 38.2 Å². The van der Waals surface area contributed by atoms with Crippen LogP contribution in [0.25, 0.3) is 6.08 Å². The number of allylic oxidation sites excluding steroid dienone is 1. The minimum atomic E-state index is -0.905. The lowest BCUT2D eigenvalue weighted by molar-refractivity contribution is -0.137. The molecule has 8 nitrogen and oxygen atoms in total. The fraction of sp³-hybridized carbons (Fsp3) is 0.368. The van der Waals surface area contributed by atoms with Crippen molar-refractivity contribution >= 4 is 23.4 Å². The standard InChI is InChI=1S/C19H22N4O4/c1-12-17(19(27)23(22-12)11-3-6-16(24)25)21-20-15-5-2-4-14(18(15)26)10-9-13-7-8-13/h2,4-5,9-10,13,22,26H,3,6-8,11H2,1H3,(H,24,25)/b10-9-,21-20?. The molecule has 0 radical (unpaired) electrons. The molecule has 0 spiro atoms. The topological polar surface area (TPSA) is 120 Å². The molecule has 1 fully saturated rings. The van der Waals surface area contributed by atoms with E-state index in [9.17, 15) is 14.7 Å². The number of aromatic hydroxyl groups is 1. The Morgan fingerprint density at radius 1 is 1.37 bits per heavy atom. The molecule has 3 N–H and O–H groups in total. The van der Waals surface area contributed by atoms with Crippen LogP contribution >= 0.6 is 0 Å². The van der Waals surface area contributed by atoms with E-state index >= 15 is 0 Å². The molecule has 3 rings (SSSR count). The van der Waals surface area contributed by atoms with Crippen molar-refractivity contribution in [1.29, 1.82) is 0 Å². The Morgan fingerprint density at radius 3 is 2.85 bits per heavy atom. The van der Waals surface area contributed by atoms with Gasteiger partial charge >= 0.3 is 5.97 Å². The van der Waals surface area contributed by atoms with E-state index < -0.39 is 5.97 Å². The minimum absolute atomic E-state index is 0.0175. The first kappa shape index (κ1) is 18.6. The van der Waals surface area contributed by atoms with E-state index in [-0.39, 0.29) is 35.6 Å². The van der Waals surface area contributed by atoms with Gasteiger partial charge in [0.15, 0.2) is 5.69 Å². The van der Waals surface area contributed by atoms with Gasteiger partial charge < -0.3 is 10.2 Å². The summed E-state index contributed by atoms with van der Waals surface area (Å²) >= 11 is 0. The fourth-order valence-electron chi connectivity index (χ4n) is 2.65. The predicted molar refractivity (Wildman–Crippen MR) is 101 cm³/mol. The van der Waals surface area contributed by atoms with Crippen molar-refractivity contribution in [1.82, 2.24) is 9.78 Å². The number of phenolic OH excluding ortho intramolecular Hbond substituents is 1. The molecule has 0 atom stereocenters. The van der Waals surface area contributed by atoms with Gasteiger partial charge in [-0.25, -0.2) is 0 Å². The number of carboxylic acid groups (broad SMARTS) is 1. The molecule has 1 aliphatic carbocycles. The highest BCUT2D eigenvalue weighted by Gasteiger charge is 2.17. The van der Waals surface area contributed by atoms with Gasteiger partial charge in [0.1, 0.15) is 11.4 Å². The Bertz CT molecular complexity index is 951. The summed E-state index contributed by atoms with van der Waals surface area (Å²) in [5, 5.41) is 30.0. The first-order chi connectivity index (χ1) is 13.0. The van der Waals surface area contributed by atoms with Crippen molar-refractivity contribution in [3.63, 3.8) is 0 Å². The SMILES string of the molecule is Cc1[nH]n(CCCC(=O)O)c(=O)c1N=Nc1cccc(/C=C\C2CC2)c1O. The summed E-state index contributed by atoms with van der Waals surface area (Å²) in [4.78, 5) is 23.0. The summed E-state index contributed by atoms with van der Waals surface area (Å²) in [5.41, 5.74) is 1.25. The molecule has 0 aliphatic heterocycles. The molecule has 27 heavy (non-hydrogen) atoms. The lowest BCUT2D eigenvalue weighted by atomic mass is 10.1. The smallest absolute Gasteiger partial charge is 0.303 e. The molecule has 1 saturated carbocycles. The second-order valence-corrected chi connectivity index (χ2v) is 6.65. The van der Waals surface area contributed by atoms with Crippen LogP contribution < -0.4 is 5.56 Å². The molecular formula is C19H22N4O4. The molecule has 0 saturated heterocycles. The number of rotatable bonds is 8. The number of aromatic amines is 1. The van der Waals surface area contributed by atoms with Gasteiger partial charge in [-0.3, -0.25) is 19.4 Å².